The van der Waals surface area contributed by atoms with Gasteiger partial charge in [-0.2, -0.15) is 0 Å². The Balaban J connectivity index is 1.66. The summed E-state index contributed by atoms with van der Waals surface area (Å²) in [5.74, 6) is 0.824. The van der Waals surface area contributed by atoms with Crippen molar-refractivity contribution in [2.75, 3.05) is 0 Å². The minimum atomic E-state index is -0.0239. The van der Waals surface area contributed by atoms with Crippen LogP contribution < -0.4 is 5.56 Å². The van der Waals surface area contributed by atoms with Crippen molar-refractivity contribution in [2.24, 2.45) is 0 Å². The molecule has 0 aliphatic heterocycles. The highest BCUT2D eigenvalue weighted by Gasteiger charge is 2.44. The van der Waals surface area contributed by atoms with E-state index in [2.05, 4.69) is 62.4 Å². The van der Waals surface area contributed by atoms with Gasteiger partial charge in [-0.3, -0.25) is 9.36 Å². The smallest absolute Gasteiger partial charge is 0.258 e. The summed E-state index contributed by atoms with van der Waals surface area (Å²) in [7, 11) is 0. The summed E-state index contributed by atoms with van der Waals surface area (Å²) in [6, 6.07) is 17.0. The van der Waals surface area contributed by atoms with Crippen LogP contribution in [0.25, 0.3) is 11.3 Å². The van der Waals surface area contributed by atoms with E-state index in [4.69, 9.17) is 4.98 Å². The molecule has 1 saturated carbocycles. The van der Waals surface area contributed by atoms with Crippen molar-refractivity contribution >= 4 is 11.8 Å². The SMILES string of the molecule is CCn1c(SCc2ccccc2C)nc2c(c1=O)C1(CCCC1)Cc1ccccc1-2. The van der Waals surface area contributed by atoms with Gasteiger partial charge in [-0.15, -0.1) is 0 Å². The van der Waals surface area contributed by atoms with Gasteiger partial charge in [0.25, 0.3) is 5.56 Å². The van der Waals surface area contributed by atoms with Crippen molar-refractivity contribution in [2.45, 2.75) is 68.8 Å². The molecule has 0 unspecified atom stereocenters. The maximum Gasteiger partial charge on any atom is 0.258 e. The van der Waals surface area contributed by atoms with E-state index in [0.717, 1.165) is 47.0 Å². The van der Waals surface area contributed by atoms with Crippen LogP contribution in [0.1, 0.15) is 54.9 Å². The van der Waals surface area contributed by atoms with Gasteiger partial charge in [-0.25, -0.2) is 4.98 Å². The first-order valence-corrected chi connectivity index (χ1v) is 12.0. The first-order valence-electron chi connectivity index (χ1n) is 11.0. The Bertz CT molecular complexity index is 1160. The highest BCUT2D eigenvalue weighted by atomic mass is 32.2. The molecule has 1 aromatic heterocycles. The molecule has 0 atom stereocenters. The normalized spacial score (nSPS) is 16.5. The van der Waals surface area contributed by atoms with Gasteiger partial charge in [0.2, 0.25) is 0 Å². The molecule has 154 valence electrons. The van der Waals surface area contributed by atoms with Crippen LogP contribution in [0.4, 0.5) is 0 Å². The zero-order valence-electron chi connectivity index (χ0n) is 17.8. The van der Waals surface area contributed by atoms with Crippen LogP contribution in [0, 0.1) is 6.92 Å². The Morgan fingerprint density at radius 2 is 1.80 bits per heavy atom. The molecule has 0 amide bonds. The van der Waals surface area contributed by atoms with Gasteiger partial charge in [0, 0.05) is 23.3 Å². The summed E-state index contributed by atoms with van der Waals surface area (Å²) in [6.07, 6.45) is 5.59. The maximum atomic E-state index is 13.8. The van der Waals surface area contributed by atoms with Gasteiger partial charge in [0.05, 0.1) is 11.3 Å². The molecule has 2 aliphatic carbocycles. The number of aryl methyl sites for hydroxylation is 1. The second-order valence-corrected chi connectivity index (χ2v) is 9.65. The van der Waals surface area contributed by atoms with Crippen LogP contribution in [0.3, 0.4) is 0 Å². The fourth-order valence-electron chi connectivity index (χ4n) is 5.35. The third kappa shape index (κ3) is 3.13. The molecule has 3 nitrogen and oxygen atoms in total. The molecule has 30 heavy (non-hydrogen) atoms. The topological polar surface area (TPSA) is 34.9 Å². The van der Waals surface area contributed by atoms with E-state index in [1.807, 2.05) is 4.57 Å². The van der Waals surface area contributed by atoms with Crippen molar-refractivity contribution < 1.29 is 0 Å². The standard InChI is InChI=1S/C26H28N2OS/c1-3-28-24(29)22-23(27-25(28)30-17-20-12-5-4-10-18(20)2)21-13-7-6-11-19(21)16-26(22)14-8-9-15-26/h4-7,10-13H,3,8-9,14-17H2,1-2H3. The van der Waals surface area contributed by atoms with Gasteiger partial charge in [-0.05, 0) is 49.8 Å². The van der Waals surface area contributed by atoms with E-state index in [1.54, 1.807) is 11.8 Å². The molecule has 5 rings (SSSR count). The summed E-state index contributed by atoms with van der Waals surface area (Å²) in [5.41, 5.74) is 7.18. The summed E-state index contributed by atoms with van der Waals surface area (Å²) >= 11 is 1.68. The summed E-state index contributed by atoms with van der Waals surface area (Å²) in [6.45, 7) is 4.86. The molecule has 4 heteroatoms. The van der Waals surface area contributed by atoms with E-state index < -0.39 is 0 Å². The average molecular weight is 417 g/mol. The van der Waals surface area contributed by atoms with E-state index >= 15 is 0 Å². The highest BCUT2D eigenvalue weighted by Crippen LogP contribution is 2.50. The molecular formula is C26H28N2OS. The lowest BCUT2D eigenvalue weighted by Gasteiger charge is -2.36. The summed E-state index contributed by atoms with van der Waals surface area (Å²) < 4.78 is 1.91. The Morgan fingerprint density at radius 1 is 1.07 bits per heavy atom. The Kier molecular flexibility index (Phi) is 5.06. The second-order valence-electron chi connectivity index (χ2n) is 8.70. The molecular weight excluding hydrogens is 388 g/mol. The van der Waals surface area contributed by atoms with Gasteiger partial charge < -0.3 is 0 Å². The van der Waals surface area contributed by atoms with Gasteiger partial charge in [0.15, 0.2) is 5.16 Å². The number of hydrogen-bond donors (Lipinski definition) is 0. The average Bonchev–Trinajstić information content (AvgIpc) is 3.21. The first-order chi connectivity index (χ1) is 14.6. The minimum absolute atomic E-state index is 0.0239. The molecule has 3 aromatic rings. The number of rotatable bonds is 4. The lowest BCUT2D eigenvalue weighted by atomic mass is 9.68. The van der Waals surface area contributed by atoms with Crippen LogP contribution in [0.5, 0.6) is 0 Å². The van der Waals surface area contributed by atoms with Crippen molar-refractivity contribution in [1.29, 1.82) is 0 Å². The van der Waals surface area contributed by atoms with Gasteiger partial charge in [0.1, 0.15) is 0 Å². The molecule has 1 heterocycles. The largest absolute Gasteiger partial charge is 0.288 e. The monoisotopic (exact) mass is 416 g/mol. The Labute approximate surface area is 182 Å². The molecule has 2 aliphatic rings. The van der Waals surface area contributed by atoms with Crippen molar-refractivity contribution in [3.63, 3.8) is 0 Å². The highest BCUT2D eigenvalue weighted by molar-refractivity contribution is 7.98. The number of aromatic nitrogens is 2. The number of thioether (sulfide) groups is 1. The first kappa shape index (κ1) is 19.6. The van der Waals surface area contributed by atoms with Crippen LogP contribution >= 0.6 is 11.8 Å². The van der Waals surface area contributed by atoms with Crippen molar-refractivity contribution in [1.82, 2.24) is 9.55 Å². The lowest BCUT2D eigenvalue weighted by Crippen LogP contribution is -2.40. The van der Waals surface area contributed by atoms with E-state index in [-0.39, 0.29) is 11.0 Å². The van der Waals surface area contributed by atoms with Crippen LogP contribution in [-0.2, 0) is 24.1 Å². The van der Waals surface area contributed by atoms with E-state index in [1.165, 1.54) is 29.5 Å². The molecule has 0 radical (unpaired) electrons. The summed E-state index contributed by atoms with van der Waals surface area (Å²) in [5, 5.41) is 0.842. The van der Waals surface area contributed by atoms with Crippen LogP contribution in [0.2, 0.25) is 0 Å². The minimum Gasteiger partial charge on any atom is -0.288 e. The maximum absolute atomic E-state index is 13.8. The fourth-order valence-corrected chi connectivity index (χ4v) is 6.48. The molecule has 0 saturated heterocycles. The van der Waals surface area contributed by atoms with Gasteiger partial charge in [-0.1, -0.05) is 73.1 Å². The number of fused-ring (bicyclic) bond motifs is 4. The zero-order chi connectivity index (χ0) is 20.7. The predicted octanol–water partition coefficient (Wildman–Crippen LogP) is 5.90. The zero-order valence-corrected chi connectivity index (χ0v) is 18.6. The number of benzene rings is 2. The van der Waals surface area contributed by atoms with E-state index in [9.17, 15) is 4.79 Å². The van der Waals surface area contributed by atoms with Crippen molar-refractivity contribution in [3.8, 4) is 11.3 Å². The third-order valence-corrected chi connectivity index (χ3v) is 7.99. The molecule has 2 aromatic carbocycles. The van der Waals surface area contributed by atoms with E-state index in [0.29, 0.717) is 6.54 Å². The van der Waals surface area contributed by atoms with Gasteiger partial charge >= 0.3 is 0 Å². The Morgan fingerprint density at radius 3 is 2.57 bits per heavy atom. The quantitative estimate of drug-likeness (QED) is 0.392. The molecule has 0 bridgehead atoms. The molecule has 1 spiro atoms. The second kappa shape index (κ2) is 7.73. The number of nitrogens with zero attached hydrogens (tertiary/aromatic N) is 2. The fraction of sp³-hybridized carbons (Fsp3) is 0.385. The molecule has 1 fully saturated rings. The third-order valence-electron chi connectivity index (χ3n) is 6.96. The van der Waals surface area contributed by atoms with Crippen molar-refractivity contribution in [3.05, 3.63) is 81.1 Å². The lowest BCUT2D eigenvalue weighted by molar-refractivity contribution is 0.416. The summed E-state index contributed by atoms with van der Waals surface area (Å²) in [4.78, 5) is 19.0. The predicted molar refractivity (Wildman–Crippen MR) is 124 cm³/mol. The Hall–Kier alpha value is -2.33. The number of hydrogen-bond acceptors (Lipinski definition) is 3. The van der Waals surface area contributed by atoms with Crippen LogP contribution in [0.15, 0.2) is 58.5 Å². The van der Waals surface area contributed by atoms with Crippen LogP contribution in [-0.4, -0.2) is 9.55 Å². The molecule has 0 N–H and O–H groups in total.